The summed E-state index contributed by atoms with van der Waals surface area (Å²) in [4.78, 5) is 0. The summed E-state index contributed by atoms with van der Waals surface area (Å²) >= 11 is -0.472. The molecule has 0 aromatic carbocycles. The summed E-state index contributed by atoms with van der Waals surface area (Å²) in [6, 6.07) is 0.536. The van der Waals surface area contributed by atoms with E-state index in [4.69, 9.17) is 24.6 Å². The van der Waals surface area contributed by atoms with E-state index in [1.54, 1.807) is 0 Å². The Morgan fingerprint density at radius 1 is 1.10 bits per heavy atom. The molecule has 2 N–H and O–H groups in total. The van der Waals surface area contributed by atoms with Crippen LogP contribution in [0.1, 0.15) is 32.1 Å². The summed E-state index contributed by atoms with van der Waals surface area (Å²) < 4.78 is 0. The molecule has 0 bridgehead atoms. The summed E-state index contributed by atoms with van der Waals surface area (Å²) in [5.74, 6) is 0. The Labute approximate surface area is 79.0 Å². The molecule has 1 aliphatic rings. The van der Waals surface area contributed by atoms with E-state index < -0.39 is 16.5 Å². The Hall–Kier alpha value is 1.23. The molecule has 0 atom stereocenters. The van der Waals surface area contributed by atoms with Gasteiger partial charge in [0.2, 0.25) is 0 Å². The molecule has 1 fully saturated rings. The fourth-order valence-electron chi connectivity index (χ4n) is 1.13. The van der Waals surface area contributed by atoms with Crippen molar-refractivity contribution in [2.75, 3.05) is 0 Å². The number of rotatable bonds is 0. The molecule has 0 amide bonds. The van der Waals surface area contributed by atoms with E-state index in [1.807, 2.05) is 0 Å². The van der Waals surface area contributed by atoms with E-state index in [9.17, 15) is 0 Å². The molecule has 0 unspecified atom stereocenters. The molecule has 10 heavy (non-hydrogen) atoms. The second-order valence-corrected chi connectivity index (χ2v) is 5.73. The van der Waals surface area contributed by atoms with Crippen LogP contribution in [0.3, 0.4) is 0 Å². The zero-order valence-electron chi connectivity index (χ0n) is 5.76. The van der Waals surface area contributed by atoms with Crippen molar-refractivity contribution in [1.82, 2.24) is 0 Å². The molecule has 0 aliphatic heterocycles. The molecule has 0 radical (unpaired) electrons. The monoisotopic (exact) mass is 364 g/mol. The van der Waals surface area contributed by atoms with Gasteiger partial charge in [0.05, 0.1) is 0 Å². The van der Waals surface area contributed by atoms with E-state index >= 15 is 0 Å². The Bertz CT molecular complexity index is 66.8. The first kappa shape index (κ1) is 11.2. The summed E-state index contributed by atoms with van der Waals surface area (Å²) in [6.07, 6.45) is 6.66. The van der Waals surface area contributed by atoms with Crippen LogP contribution >= 0.6 is 18.8 Å². The standard InChI is InChI=1S/C6H13N.2ClH.Pt/c7-6-4-2-1-3-5-6;;;/h6H,1-5,7H2;2*1H;/q;;;+4/p-2. The molecule has 0 spiro atoms. The van der Waals surface area contributed by atoms with E-state index in [0.29, 0.717) is 6.04 Å². The van der Waals surface area contributed by atoms with E-state index in [-0.39, 0.29) is 0 Å². The summed E-state index contributed by atoms with van der Waals surface area (Å²) in [5, 5.41) is 0. The predicted octanol–water partition coefficient (Wildman–Crippen LogP) is 2.65. The normalized spacial score (nSPS) is 19.9. The van der Waals surface area contributed by atoms with Gasteiger partial charge in [-0.05, 0) is 12.8 Å². The number of hydrogen-bond acceptors (Lipinski definition) is 1. The third-order valence-corrected chi connectivity index (χ3v) is 1.65. The van der Waals surface area contributed by atoms with Gasteiger partial charge < -0.3 is 5.73 Å². The molecule has 1 nitrogen and oxygen atoms in total. The molecule has 4 heteroatoms. The first-order chi connectivity index (χ1) is 4.81. The van der Waals surface area contributed by atoms with Crippen molar-refractivity contribution in [3.8, 4) is 0 Å². The average Bonchev–Trinajstić information content (AvgIpc) is 1.91. The van der Waals surface area contributed by atoms with Crippen molar-refractivity contribution in [3.63, 3.8) is 0 Å². The van der Waals surface area contributed by atoms with Crippen molar-refractivity contribution in [1.29, 1.82) is 0 Å². The SMILES string of the molecule is NC1CCCCC1.[Cl][Pt+2][Cl]. The molecule has 1 saturated carbocycles. The third kappa shape index (κ3) is 7.34. The third-order valence-electron chi connectivity index (χ3n) is 1.65. The van der Waals surface area contributed by atoms with Crippen LogP contribution in [0.5, 0.6) is 0 Å². The van der Waals surface area contributed by atoms with Gasteiger partial charge in [0.1, 0.15) is 0 Å². The Kier molecular flexibility index (Phi) is 9.35. The van der Waals surface area contributed by atoms with E-state index in [1.165, 1.54) is 32.1 Å². The molecule has 1 rings (SSSR count). The van der Waals surface area contributed by atoms with Crippen LogP contribution in [0.25, 0.3) is 0 Å². The Balaban J connectivity index is 0.000000236. The maximum absolute atomic E-state index is 5.63. The molecule has 1 aliphatic carbocycles. The number of nitrogens with two attached hydrogens (primary N) is 1. The topological polar surface area (TPSA) is 26.0 Å². The van der Waals surface area contributed by atoms with E-state index in [0.717, 1.165) is 0 Å². The number of hydrogen-bond donors (Lipinski definition) is 1. The van der Waals surface area contributed by atoms with Gasteiger partial charge >= 0.3 is 35.3 Å². The second-order valence-electron chi connectivity index (χ2n) is 2.44. The van der Waals surface area contributed by atoms with Crippen LogP contribution in [-0.2, 0) is 16.5 Å². The number of halogens is 2. The van der Waals surface area contributed by atoms with Gasteiger partial charge in [-0.3, -0.25) is 0 Å². The fourth-order valence-corrected chi connectivity index (χ4v) is 1.13. The van der Waals surface area contributed by atoms with Gasteiger partial charge in [-0.15, -0.1) is 0 Å². The molecule has 0 saturated heterocycles. The van der Waals surface area contributed by atoms with E-state index in [2.05, 4.69) is 0 Å². The second kappa shape index (κ2) is 8.33. The summed E-state index contributed by atoms with van der Waals surface area (Å²) in [5.41, 5.74) is 5.63. The van der Waals surface area contributed by atoms with Crippen molar-refractivity contribution in [3.05, 3.63) is 0 Å². The zero-order chi connectivity index (χ0) is 7.82. The van der Waals surface area contributed by atoms with Gasteiger partial charge in [0, 0.05) is 6.04 Å². The quantitative estimate of drug-likeness (QED) is 0.702. The van der Waals surface area contributed by atoms with Crippen LogP contribution in [0.15, 0.2) is 0 Å². The maximum atomic E-state index is 5.63. The van der Waals surface area contributed by atoms with Crippen molar-refractivity contribution in [2.24, 2.45) is 5.73 Å². The van der Waals surface area contributed by atoms with Crippen molar-refractivity contribution >= 4 is 18.8 Å². The average molecular weight is 365 g/mol. The first-order valence-corrected chi connectivity index (χ1v) is 9.02. The molecule has 0 aromatic heterocycles. The molecular weight excluding hydrogens is 352 g/mol. The van der Waals surface area contributed by atoms with Gasteiger partial charge in [0.25, 0.3) is 0 Å². The minimum absolute atomic E-state index is 0.472. The Morgan fingerprint density at radius 3 is 1.70 bits per heavy atom. The van der Waals surface area contributed by atoms with Crippen LogP contribution in [0.2, 0.25) is 0 Å². The van der Waals surface area contributed by atoms with Crippen LogP contribution in [0, 0.1) is 0 Å². The van der Waals surface area contributed by atoms with Gasteiger partial charge in [0.15, 0.2) is 0 Å². The van der Waals surface area contributed by atoms with Crippen molar-refractivity contribution < 1.29 is 16.5 Å². The fraction of sp³-hybridized carbons (Fsp3) is 1.00. The first-order valence-electron chi connectivity index (χ1n) is 3.39. The molecule has 0 aromatic rings. The van der Waals surface area contributed by atoms with Crippen LogP contribution < -0.4 is 5.73 Å². The Morgan fingerprint density at radius 2 is 1.50 bits per heavy atom. The molecular formula is C6H13Cl2NPt+2. The summed E-state index contributed by atoms with van der Waals surface area (Å²) in [7, 11) is 9.75. The van der Waals surface area contributed by atoms with Gasteiger partial charge in [-0.2, -0.15) is 0 Å². The zero-order valence-corrected chi connectivity index (χ0v) is 9.55. The minimum atomic E-state index is -0.472. The van der Waals surface area contributed by atoms with Crippen molar-refractivity contribution in [2.45, 2.75) is 38.1 Å². The van der Waals surface area contributed by atoms with Gasteiger partial charge in [-0.25, -0.2) is 0 Å². The molecule has 64 valence electrons. The van der Waals surface area contributed by atoms with Crippen LogP contribution in [-0.4, -0.2) is 6.04 Å². The van der Waals surface area contributed by atoms with Gasteiger partial charge in [-0.1, -0.05) is 19.3 Å². The summed E-state index contributed by atoms with van der Waals surface area (Å²) in [6.45, 7) is 0. The predicted molar refractivity (Wildman–Crippen MR) is 42.8 cm³/mol. The molecule has 0 heterocycles. The van der Waals surface area contributed by atoms with Crippen LogP contribution in [0.4, 0.5) is 0 Å².